The zero-order valence-corrected chi connectivity index (χ0v) is 13.0. The summed E-state index contributed by atoms with van der Waals surface area (Å²) in [5, 5.41) is 39.0. The Morgan fingerprint density at radius 2 is 1.87 bits per heavy atom. The molecule has 6 heteroatoms. The zero-order valence-electron chi connectivity index (χ0n) is 13.0. The summed E-state index contributed by atoms with van der Waals surface area (Å²) in [6.07, 6.45) is 5.52. The summed E-state index contributed by atoms with van der Waals surface area (Å²) in [5.74, 6) is -1.90. The Hall–Kier alpha value is -2.47. The summed E-state index contributed by atoms with van der Waals surface area (Å²) in [7, 11) is 1.34. The third-order valence-electron chi connectivity index (χ3n) is 3.86. The molecule has 0 fully saturated rings. The van der Waals surface area contributed by atoms with Gasteiger partial charge in [0, 0.05) is 5.92 Å². The van der Waals surface area contributed by atoms with Gasteiger partial charge < -0.3 is 25.2 Å². The first-order valence-corrected chi connectivity index (χ1v) is 7.24. The van der Waals surface area contributed by atoms with Crippen molar-refractivity contribution >= 4 is 5.78 Å². The van der Waals surface area contributed by atoms with Gasteiger partial charge >= 0.3 is 0 Å². The number of methoxy groups -OCH3 is 1. The summed E-state index contributed by atoms with van der Waals surface area (Å²) in [6.45, 7) is 1.71. The molecule has 0 saturated carbocycles. The number of rotatable bonds is 4. The second-order valence-corrected chi connectivity index (χ2v) is 5.50. The fourth-order valence-corrected chi connectivity index (χ4v) is 2.59. The second-order valence-electron chi connectivity index (χ2n) is 5.50. The van der Waals surface area contributed by atoms with Crippen molar-refractivity contribution in [3.8, 4) is 0 Å². The van der Waals surface area contributed by atoms with Gasteiger partial charge in [-0.25, -0.2) is 0 Å². The van der Waals surface area contributed by atoms with Gasteiger partial charge in [-0.3, -0.25) is 4.79 Å². The molecule has 0 spiro atoms. The second kappa shape index (κ2) is 6.75. The Bertz CT molecular complexity index is 663. The lowest BCUT2D eigenvalue weighted by Crippen LogP contribution is -2.19. The maximum Gasteiger partial charge on any atom is 0.234 e. The first kappa shape index (κ1) is 16.9. The van der Waals surface area contributed by atoms with Crippen LogP contribution < -0.4 is 0 Å². The van der Waals surface area contributed by atoms with Crippen molar-refractivity contribution in [2.75, 3.05) is 7.11 Å². The van der Waals surface area contributed by atoms with E-state index in [0.717, 1.165) is 6.08 Å². The van der Waals surface area contributed by atoms with Gasteiger partial charge in [-0.05, 0) is 37.5 Å². The van der Waals surface area contributed by atoms with Crippen LogP contribution in [0, 0.1) is 5.92 Å². The molecule has 4 N–H and O–H groups in total. The highest BCUT2D eigenvalue weighted by Crippen LogP contribution is 2.30. The molecule has 0 bridgehead atoms. The standard InChI is InChI=1S/C17H20O6/c1-9-7-10(3-6-13(9)19)17(23-2)16(22)15(21)12-5-4-11(18)8-14(12)20/h5-8,10-11,18-20,22H,3-4H2,1-2H3/b17-16+. The van der Waals surface area contributed by atoms with Crippen LogP contribution in [0.3, 0.4) is 0 Å². The Labute approximate surface area is 134 Å². The Kier molecular flexibility index (Phi) is 4.95. The van der Waals surface area contributed by atoms with Gasteiger partial charge in [0.2, 0.25) is 11.5 Å². The number of aliphatic hydroxyl groups excluding tert-OH is 4. The number of allylic oxidation sites excluding steroid dienone is 5. The SMILES string of the molecule is CO/C(=C(/O)C(=O)C1=CCC(O)C=C1O)C1C=C(C)C(O)=CC1. The highest BCUT2D eigenvalue weighted by Gasteiger charge is 2.28. The van der Waals surface area contributed by atoms with Gasteiger partial charge in [-0.1, -0.05) is 12.2 Å². The van der Waals surface area contributed by atoms with Gasteiger partial charge in [0.1, 0.15) is 17.3 Å². The number of carbonyl (C=O) groups is 1. The molecular weight excluding hydrogens is 300 g/mol. The van der Waals surface area contributed by atoms with Gasteiger partial charge in [0.05, 0.1) is 18.8 Å². The van der Waals surface area contributed by atoms with E-state index in [1.54, 1.807) is 19.1 Å². The van der Waals surface area contributed by atoms with Crippen LogP contribution in [0.4, 0.5) is 0 Å². The van der Waals surface area contributed by atoms with Crippen LogP contribution in [0.25, 0.3) is 0 Å². The largest absolute Gasteiger partial charge is 0.508 e. The van der Waals surface area contributed by atoms with E-state index in [-0.39, 0.29) is 35.2 Å². The number of carbonyl (C=O) groups excluding carboxylic acids is 1. The lowest BCUT2D eigenvalue weighted by molar-refractivity contribution is -0.115. The molecule has 124 valence electrons. The third kappa shape index (κ3) is 3.48. The average Bonchev–Trinajstić information content (AvgIpc) is 2.50. The van der Waals surface area contributed by atoms with E-state index in [1.165, 1.54) is 13.2 Å². The predicted octanol–water partition coefficient (Wildman–Crippen LogP) is 2.51. The molecule has 0 heterocycles. The van der Waals surface area contributed by atoms with Gasteiger partial charge in [-0.2, -0.15) is 0 Å². The van der Waals surface area contributed by atoms with Crippen molar-refractivity contribution in [1.82, 2.24) is 0 Å². The van der Waals surface area contributed by atoms with Crippen LogP contribution >= 0.6 is 0 Å². The summed E-state index contributed by atoms with van der Waals surface area (Å²) in [4.78, 5) is 12.4. The Balaban J connectivity index is 2.31. The molecule has 0 aromatic carbocycles. The summed E-state index contributed by atoms with van der Waals surface area (Å²) < 4.78 is 5.18. The van der Waals surface area contributed by atoms with E-state index in [0.29, 0.717) is 12.0 Å². The zero-order chi connectivity index (χ0) is 17.1. The van der Waals surface area contributed by atoms with Gasteiger partial charge in [0.25, 0.3) is 0 Å². The molecule has 0 aliphatic heterocycles. The molecule has 2 rings (SSSR count). The molecular formula is C17H20O6. The molecule has 2 unspecified atom stereocenters. The van der Waals surface area contributed by atoms with Crippen LogP contribution in [0.2, 0.25) is 0 Å². The van der Waals surface area contributed by atoms with E-state index >= 15 is 0 Å². The maximum absolute atomic E-state index is 12.4. The minimum absolute atomic E-state index is 0.0675. The fourth-order valence-electron chi connectivity index (χ4n) is 2.59. The number of ether oxygens (including phenoxy) is 1. The average molecular weight is 320 g/mol. The summed E-state index contributed by atoms with van der Waals surface area (Å²) in [6, 6.07) is 0. The first-order chi connectivity index (χ1) is 10.8. The van der Waals surface area contributed by atoms with E-state index in [9.17, 15) is 25.2 Å². The molecule has 0 radical (unpaired) electrons. The number of hydrogen-bond donors (Lipinski definition) is 4. The van der Waals surface area contributed by atoms with Crippen molar-refractivity contribution in [2.45, 2.75) is 25.9 Å². The van der Waals surface area contributed by atoms with Crippen LogP contribution in [0.15, 0.2) is 58.5 Å². The van der Waals surface area contributed by atoms with Crippen LogP contribution in [0.1, 0.15) is 19.8 Å². The van der Waals surface area contributed by atoms with Crippen LogP contribution in [0.5, 0.6) is 0 Å². The quantitative estimate of drug-likeness (QED) is 0.468. The van der Waals surface area contributed by atoms with E-state index in [2.05, 4.69) is 0 Å². The van der Waals surface area contributed by atoms with Crippen LogP contribution in [-0.4, -0.2) is 39.4 Å². The van der Waals surface area contributed by atoms with Gasteiger partial charge in [0.15, 0.2) is 0 Å². The van der Waals surface area contributed by atoms with Crippen LogP contribution in [-0.2, 0) is 9.53 Å². The predicted molar refractivity (Wildman–Crippen MR) is 83.7 cm³/mol. The van der Waals surface area contributed by atoms with E-state index in [4.69, 9.17) is 4.74 Å². The topological polar surface area (TPSA) is 107 Å². The minimum atomic E-state index is -0.850. The van der Waals surface area contributed by atoms with Crippen molar-refractivity contribution < 1.29 is 30.0 Å². The highest BCUT2D eigenvalue weighted by molar-refractivity contribution is 6.09. The number of Topliss-reactive ketones (excluding diaryl/α,β-unsaturated/α-hetero) is 1. The number of ketones is 1. The molecule has 0 amide bonds. The molecule has 23 heavy (non-hydrogen) atoms. The molecule has 6 nitrogen and oxygen atoms in total. The van der Waals surface area contributed by atoms with Crippen molar-refractivity contribution in [3.05, 3.63) is 58.5 Å². The van der Waals surface area contributed by atoms with Gasteiger partial charge in [-0.15, -0.1) is 0 Å². The Morgan fingerprint density at radius 3 is 2.43 bits per heavy atom. The summed E-state index contributed by atoms with van der Waals surface area (Å²) >= 11 is 0. The van der Waals surface area contributed by atoms with Crippen molar-refractivity contribution in [2.24, 2.45) is 5.92 Å². The molecule has 0 aromatic rings. The van der Waals surface area contributed by atoms with E-state index < -0.39 is 17.6 Å². The number of aliphatic hydroxyl groups is 4. The fraction of sp³-hybridized carbons (Fsp3) is 0.353. The normalized spacial score (nSPS) is 25.5. The van der Waals surface area contributed by atoms with E-state index in [1.807, 2.05) is 0 Å². The monoisotopic (exact) mass is 320 g/mol. The third-order valence-corrected chi connectivity index (χ3v) is 3.86. The molecule has 2 aliphatic rings. The van der Waals surface area contributed by atoms with Crippen molar-refractivity contribution in [1.29, 1.82) is 0 Å². The molecule has 0 aromatic heterocycles. The highest BCUT2D eigenvalue weighted by atomic mass is 16.5. The molecule has 0 saturated heterocycles. The molecule has 2 aliphatic carbocycles. The molecule has 2 atom stereocenters. The first-order valence-electron chi connectivity index (χ1n) is 7.24. The van der Waals surface area contributed by atoms with Crippen molar-refractivity contribution in [3.63, 3.8) is 0 Å². The maximum atomic E-state index is 12.4. The lowest BCUT2D eigenvalue weighted by Gasteiger charge is -2.21. The smallest absolute Gasteiger partial charge is 0.234 e. The number of hydrogen-bond acceptors (Lipinski definition) is 6. The Morgan fingerprint density at radius 1 is 1.17 bits per heavy atom. The summed E-state index contributed by atoms with van der Waals surface area (Å²) in [5.41, 5.74) is 0.552. The lowest BCUT2D eigenvalue weighted by atomic mass is 9.91. The minimum Gasteiger partial charge on any atom is -0.508 e.